The third-order valence-corrected chi connectivity index (χ3v) is 11.1. The molecule has 2 aromatic heterocycles. The number of para-hydroxylation sites is 1. The second-order valence-corrected chi connectivity index (χ2v) is 14.8. The average molecular weight is 657 g/mol. The number of nitrogens with zero attached hydrogens (tertiary/aromatic N) is 2. The van der Waals surface area contributed by atoms with Gasteiger partial charge in [0.15, 0.2) is 0 Å². The summed E-state index contributed by atoms with van der Waals surface area (Å²) in [6.45, 7) is 7.58. The number of fused-ring (bicyclic) bond motifs is 2. The Hall–Kier alpha value is -4.20. The number of nitrogens with two attached hydrogens (primary N) is 1. The van der Waals surface area contributed by atoms with E-state index < -0.39 is 37.6 Å². The molecule has 0 aliphatic heterocycles. The highest BCUT2D eigenvalue weighted by Crippen LogP contribution is 2.42. The maximum absolute atomic E-state index is 14.4. The zero-order chi connectivity index (χ0) is 32.8. The van der Waals surface area contributed by atoms with Gasteiger partial charge in [-0.15, -0.1) is 0 Å². The maximum atomic E-state index is 14.4. The molecule has 0 saturated carbocycles. The lowest BCUT2D eigenvalue weighted by Gasteiger charge is -2.29. The number of benzene rings is 3. The number of anilines is 1. The van der Waals surface area contributed by atoms with Gasteiger partial charge in [0.2, 0.25) is 10.0 Å². The molecule has 5 rings (SSSR count). The number of sulfonamides is 2. The first-order valence-electron chi connectivity index (χ1n) is 14.2. The van der Waals surface area contributed by atoms with E-state index in [-0.39, 0.29) is 29.3 Å². The molecule has 0 fully saturated rings. The molecule has 0 unspecified atom stereocenters. The molecular weight excluding hydrogens is 623 g/mol. The minimum atomic E-state index is -4.11. The Labute approximate surface area is 261 Å². The summed E-state index contributed by atoms with van der Waals surface area (Å²) in [6, 6.07) is 14.8. The first-order chi connectivity index (χ1) is 21.2. The Morgan fingerprint density at radius 3 is 2.31 bits per heavy atom. The fourth-order valence-corrected chi connectivity index (χ4v) is 7.53. The summed E-state index contributed by atoms with van der Waals surface area (Å²) in [6.07, 6.45) is 1.50. The van der Waals surface area contributed by atoms with Crippen LogP contribution in [-0.2, 0) is 20.0 Å². The van der Waals surface area contributed by atoms with Gasteiger partial charge in [-0.2, -0.15) is 4.31 Å². The molecule has 0 bridgehead atoms. The maximum Gasteiger partial charge on any atom is 0.258 e. The van der Waals surface area contributed by atoms with Gasteiger partial charge in [0.25, 0.3) is 10.0 Å². The van der Waals surface area contributed by atoms with Gasteiger partial charge in [0.05, 0.1) is 23.0 Å². The van der Waals surface area contributed by atoms with E-state index in [4.69, 9.17) is 10.2 Å². The van der Waals surface area contributed by atoms with Gasteiger partial charge in [0.1, 0.15) is 28.0 Å². The molecule has 45 heavy (non-hydrogen) atoms. The van der Waals surface area contributed by atoms with Crippen molar-refractivity contribution in [1.29, 1.82) is 0 Å². The van der Waals surface area contributed by atoms with Crippen molar-refractivity contribution in [3.8, 4) is 11.3 Å². The van der Waals surface area contributed by atoms with Gasteiger partial charge in [-0.1, -0.05) is 32.6 Å². The molecule has 0 aliphatic rings. The Morgan fingerprint density at radius 2 is 1.73 bits per heavy atom. The molecule has 238 valence electrons. The van der Waals surface area contributed by atoms with E-state index in [1.165, 1.54) is 41.7 Å². The fourth-order valence-electron chi connectivity index (χ4n) is 5.51. The van der Waals surface area contributed by atoms with Crippen molar-refractivity contribution in [1.82, 2.24) is 9.29 Å². The van der Waals surface area contributed by atoms with Gasteiger partial charge >= 0.3 is 0 Å². The van der Waals surface area contributed by atoms with Crippen molar-refractivity contribution >= 4 is 53.3 Å². The number of hydrogen-bond donors (Lipinski definition) is 2. The zero-order valence-corrected chi connectivity index (χ0v) is 26.9. The Balaban J connectivity index is 1.67. The molecule has 0 amide bonds. The number of nitrogens with one attached hydrogen (secondary N) is 1. The number of H-pyrrole nitrogens is 1. The Kier molecular flexibility index (Phi) is 8.55. The monoisotopic (exact) mass is 656 g/mol. The summed E-state index contributed by atoms with van der Waals surface area (Å²) >= 11 is 0. The third-order valence-electron chi connectivity index (χ3n) is 8.01. The van der Waals surface area contributed by atoms with Crippen LogP contribution >= 0.6 is 0 Å². The summed E-state index contributed by atoms with van der Waals surface area (Å²) in [5, 5.41) is 0.812. The summed E-state index contributed by atoms with van der Waals surface area (Å²) in [5.41, 5.74) is 8.67. The number of aromatic amines is 1. The molecule has 9 nitrogen and oxygen atoms in total. The lowest BCUT2D eigenvalue weighted by Crippen LogP contribution is -2.35. The highest BCUT2D eigenvalue weighted by molar-refractivity contribution is 7.92. The van der Waals surface area contributed by atoms with E-state index in [9.17, 15) is 25.6 Å². The van der Waals surface area contributed by atoms with Crippen LogP contribution in [0.15, 0.2) is 76.7 Å². The molecule has 13 heteroatoms. The molecule has 0 spiro atoms. The highest BCUT2D eigenvalue weighted by atomic mass is 32.2. The quantitative estimate of drug-likeness (QED) is 0.170. The predicted octanol–water partition coefficient (Wildman–Crippen LogP) is 6.39. The molecular formula is C32H34F2N4O5S2. The zero-order valence-electron chi connectivity index (χ0n) is 25.3. The fraction of sp³-hybridized carbons (Fsp3) is 0.250. The number of rotatable bonds is 11. The van der Waals surface area contributed by atoms with E-state index >= 15 is 0 Å². The minimum Gasteiger partial charge on any atom is -0.455 e. The minimum absolute atomic E-state index is 0.00906. The topological polar surface area (TPSA) is 130 Å². The van der Waals surface area contributed by atoms with Gasteiger partial charge in [-0.3, -0.25) is 4.31 Å². The predicted molar refractivity (Wildman–Crippen MR) is 174 cm³/mol. The Bertz CT molecular complexity index is 2140. The van der Waals surface area contributed by atoms with Crippen LogP contribution < -0.4 is 10.0 Å². The van der Waals surface area contributed by atoms with Crippen LogP contribution in [0.2, 0.25) is 0 Å². The second kappa shape index (κ2) is 12.0. The molecule has 0 saturated heterocycles. The molecule has 2 heterocycles. The van der Waals surface area contributed by atoms with E-state index in [0.29, 0.717) is 50.9 Å². The molecule has 0 radical (unpaired) electrons. The summed E-state index contributed by atoms with van der Waals surface area (Å²) < 4.78 is 89.9. The first-order valence-corrected chi connectivity index (χ1v) is 17.5. The van der Waals surface area contributed by atoms with Crippen molar-refractivity contribution in [2.75, 3.05) is 30.7 Å². The van der Waals surface area contributed by atoms with E-state index in [1.54, 1.807) is 37.3 Å². The second-order valence-electron chi connectivity index (χ2n) is 10.9. The van der Waals surface area contributed by atoms with E-state index in [0.717, 1.165) is 10.6 Å². The van der Waals surface area contributed by atoms with Gasteiger partial charge in [-0.05, 0) is 60.4 Å². The van der Waals surface area contributed by atoms with Crippen molar-refractivity contribution in [2.45, 2.75) is 31.2 Å². The summed E-state index contributed by atoms with van der Waals surface area (Å²) in [7, 11) is -6.45. The van der Waals surface area contributed by atoms with Crippen molar-refractivity contribution in [3.05, 3.63) is 90.0 Å². The molecule has 1 atom stereocenters. The number of aromatic nitrogens is 1. The Morgan fingerprint density at radius 1 is 1.04 bits per heavy atom. The largest absolute Gasteiger partial charge is 0.455 e. The van der Waals surface area contributed by atoms with E-state index in [2.05, 4.69) is 11.6 Å². The van der Waals surface area contributed by atoms with Crippen molar-refractivity contribution < 1.29 is 30.0 Å². The van der Waals surface area contributed by atoms with Crippen LogP contribution in [0.5, 0.6) is 0 Å². The van der Waals surface area contributed by atoms with Crippen LogP contribution in [0.25, 0.3) is 38.9 Å². The molecule has 3 aromatic carbocycles. The summed E-state index contributed by atoms with van der Waals surface area (Å²) in [5.74, 6) is -1.16. The summed E-state index contributed by atoms with van der Waals surface area (Å²) in [4.78, 5) is 2.71. The van der Waals surface area contributed by atoms with Gasteiger partial charge in [0, 0.05) is 48.2 Å². The number of hydrogen-bond acceptors (Lipinski definition) is 6. The number of halogens is 2. The third kappa shape index (κ3) is 5.95. The van der Waals surface area contributed by atoms with Crippen LogP contribution in [0.1, 0.15) is 37.3 Å². The van der Waals surface area contributed by atoms with Crippen molar-refractivity contribution in [3.63, 3.8) is 0 Å². The van der Waals surface area contributed by atoms with Crippen LogP contribution in [-0.4, -0.2) is 52.5 Å². The van der Waals surface area contributed by atoms with Crippen LogP contribution in [0.4, 0.5) is 14.5 Å². The normalized spacial score (nSPS) is 13.1. The van der Waals surface area contributed by atoms with Crippen molar-refractivity contribution in [2.24, 2.45) is 5.73 Å². The van der Waals surface area contributed by atoms with Gasteiger partial charge in [-0.25, -0.2) is 25.6 Å². The molecule has 3 N–H and O–H groups in total. The first kappa shape index (κ1) is 32.2. The number of likely N-dealkylation sites (N-methyl/N-ethyl adjacent to an activating group) is 1. The lowest BCUT2D eigenvalue weighted by molar-refractivity contribution is 0.392. The SMILES string of the molecule is C=C(N)c1c(-c2ccc(F)cc2)oc2cc(N(C)S(C)(=O)=O)c([C@@H](CC)CN(CC)S(=O)(=O)c3cc4cccc(F)c4[nH]3)cc12. The standard InChI is InChI=1S/C32H34F2N4O5S2/c1-6-20(18-38(7-2)45(41,42)29-15-22-9-8-10-26(34)31(22)36-29)24-16-25-28(17-27(24)37(4)44(5,39)40)43-32(30(25)19(3)35)21-11-13-23(33)14-12-21/h8-17,20,36H,3,6-7,18,35H2,1-2,4-5H3/t20-/m0/s1. The highest BCUT2D eigenvalue weighted by Gasteiger charge is 2.31. The molecule has 0 aliphatic carbocycles. The lowest BCUT2D eigenvalue weighted by atomic mass is 9.92. The average Bonchev–Trinajstić information content (AvgIpc) is 3.60. The number of furan rings is 1. The van der Waals surface area contributed by atoms with Crippen LogP contribution in [0, 0.1) is 11.6 Å². The van der Waals surface area contributed by atoms with E-state index in [1.807, 2.05) is 6.92 Å². The van der Waals surface area contributed by atoms with Gasteiger partial charge < -0.3 is 15.1 Å². The molecule has 5 aromatic rings. The van der Waals surface area contributed by atoms with Crippen LogP contribution in [0.3, 0.4) is 0 Å². The smallest absolute Gasteiger partial charge is 0.258 e.